The number of rotatable bonds is 2. The van der Waals surface area contributed by atoms with Crippen molar-refractivity contribution in [2.75, 3.05) is 0 Å². The Morgan fingerprint density at radius 1 is 1.06 bits per heavy atom. The van der Waals surface area contributed by atoms with Gasteiger partial charge in [0.1, 0.15) is 5.82 Å². The van der Waals surface area contributed by atoms with Gasteiger partial charge in [-0.3, -0.25) is 0 Å². The Kier molecular flexibility index (Phi) is 3.02. The Balaban J connectivity index is 2.51. The van der Waals surface area contributed by atoms with E-state index in [1.807, 2.05) is 31.2 Å². The van der Waals surface area contributed by atoms with Crippen molar-refractivity contribution >= 4 is 0 Å². The highest BCUT2D eigenvalue weighted by molar-refractivity contribution is 5.65. The van der Waals surface area contributed by atoms with Gasteiger partial charge >= 0.3 is 0 Å². The molecule has 0 fully saturated rings. The van der Waals surface area contributed by atoms with Crippen LogP contribution in [0.15, 0.2) is 42.5 Å². The van der Waals surface area contributed by atoms with Crippen molar-refractivity contribution in [2.24, 2.45) is 5.73 Å². The van der Waals surface area contributed by atoms with Crippen molar-refractivity contribution in [3.05, 3.63) is 59.4 Å². The third kappa shape index (κ3) is 2.28. The smallest absolute Gasteiger partial charge is 0.123 e. The van der Waals surface area contributed by atoms with Gasteiger partial charge in [0.2, 0.25) is 0 Å². The predicted octanol–water partition coefficient (Wildman–Crippen LogP) is 3.26. The molecule has 0 radical (unpaired) electrons. The third-order valence-electron chi connectivity index (χ3n) is 2.53. The molecule has 0 atom stereocenters. The maximum atomic E-state index is 13.1. The minimum atomic E-state index is -0.215. The first-order chi connectivity index (χ1) is 7.69. The van der Waals surface area contributed by atoms with Gasteiger partial charge in [0.25, 0.3) is 0 Å². The highest BCUT2D eigenvalue weighted by Crippen LogP contribution is 2.22. The number of nitrogens with two attached hydrogens (primary N) is 1. The molecule has 1 nitrogen and oxygen atoms in total. The van der Waals surface area contributed by atoms with E-state index in [1.54, 1.807) is 6.07 Å². The van der Waals surface area contributed by atoms with Crippen LogP contribution in [-0.4, -0.2) is 0 Å². The predicted molar refractivity (Wildman–Crippen MR) is 64.5 cm³/mol. The van der Waals surface area contributed by atoms with Crippen LogP contribution in [0.4, 0.5) is 4.39 Å². The van der Waals surface area contributed by atoms with Gasteiger partial charge < -0.3 is 5.73 Å². The van der Waals surface area contributed by atoms with Crippen LogP contribution in [0.25, 0.3) is 11.1 Å². The van der Waals surface area contributed by atoms with E-state index >= 15 is 0 Å². The standard InChI is InChI=1S/C14H14FN/c1-10-5-11(9-16)7-13(6-10)12-3-2-4-14(15)8-12/h2-8H,9,16H2,1H3. The van der Waals surface area contributed by atoms with Crippen molar-refractivity contribution in [2.45, 2.75) is 13.5 Å². The van der Waals surface area contributed by atoms with E-state index < -0.39 is 0 Å². The molecule has 2 rings (SSSR count). The van der Waals surface area contributed by atoms with Crippen LogP contribution in [0.5, 0.6) is 0 Å². The summed E-state index contributed by atoms with van der Waals surface area (Å²) in [6.45, 7) is 2.52. The molecule has 0 spiro atoms. The second kappa shape index (κ2) is 4.45. The molecule has 0 bridgehead atoms. The second-order valence-corrected chi connectivity index (χ2v) is 3.92. The minimum absolute atomic E-state index is 0.215. The molecule has 2 aromatic rings. The first kappa shape index (κ1) is 10.8. The first-order valence-corrected chi connectivity index (χ1v) is 5.25. The summed E-state index contributed by atoms with van der Waals surface area (Å²) in [5.74, 6) is -0.215. The largest absolute Gasteiger partial charge is 0.326 e. The van der Waals surface area contributed by atoms with Crippen LogP contribution in [0.2, 0.25) is 0 Å². The summed E-state index contributed by atoms with van der Waals surface area (Å²) in [7, 11) is 0. The van der Waals surface area contributed by atoms with Crippen molar-refractivity contribution in [1.29, 1.82) is 0 Å². The average Bonchev–Trinajstić information content (AvgIpc) is 2.28. The minimum Gasteiger partial charge on any atom is -0.326 e. The number of hydrogen-bond donors (Lipinski definition) is 1. The van der Waals surface area contributed by atoms with E-state index in [9.17, 15) is 4.39 Å². The zero-order valence-electron chi connectivity index (χ0n) is 9.20. The molecule has 0 aliphatic rings. The Morgan fingerprint density at radius 2 is 1.88 bits per heavy atom. The summed E-state index contributed by atoms with van der Waals surface area (Å²) in [5.41, 5.74) is 9.73. The van der Waals surface area contributed by atoms with Gasteiger partial charge in [0.15, 0.2) is 0 Å². The number of hydrogen-bond acceptors (Lipinski definition) is 1. The highest BCUT2D eigenvalue weighted by atomic mass is 19.1. The molecule has 0 saturated heterocycles. The number of halogens is 1. The highest BCUT2D eigenvalue weighted by Gasteiger charge is 2.01. The Hall–Kier alpha value is -1.67. The maximum absolute atomic E-state index is 13.1. The molecule has 0 aliphatic carbocycles. The van der Waals surface area contributed by atoms with Gasteiger partial charge in [-0.25, -0.2) is 4.39 Å². The van der Waals surface area contributed by atoms with Gasteiger partial charge in [-0.1, -0.05) is 29.8 Å². The monoisotopic (exact) mass is 215 g/mol. The molecule has 0 saturated carbocycles. The molecular weight excluding hydrogens is 201 g/mol. The molecule has 2 heteroatoms. The van der Waals surface area contributed by atoms with E-state index in [1.165, 1.54) is 12.1 Å². The average molecular weight is 215 g/mol. The quantitative estimate of drug-likeness (QED) is 0.817. The van der Waals surface area contributed by atoms with Crippen LogP contribution in [0.1, 0.15) is 11.1 Å². The summed E-state index contributed by atoms with van der Waals surface area (Å²) in [6, 6.07) is 12.7. The fraction of sp³-hybridized carbons (Fsp3) is 0.143. The van der Waals surface area contributed by atoms with Crippen LogP contribution in [0, 0.1) is 12.7 Å². The Morgan fingerprint density at radius 3 is 2.56 bits per heavy atom. The van der Waals surface area contributed by atoms with E-state index in [0.717, 1.165) is 22.3 Å². The van der Waals surface area contributed by atoms with Crippen LogP contribution < -0.4 is 5.73 Å². The molecule has 0 aromatic heterocycles. The van der Waals surface area contributed by atoms with Crippen LogP contribution in [0.3, 0.4) is 0 Å². The van der Waals surface area contributed by atoms with E-state index in [2.05, 4.69) is 0 Å². The van der Waals surface area contributed by atoms with Crippen molar-refractivity contribution in [3.8, 4) is 11.1 Å². The summed E-state index contributed by atoms with van der Waals surface area (Å²) in [4.78, 5) is 0. The lowest BCUT2D eigenvalue weighted by atomic mass is 10.0. The zero-order valence-corrected chi connectivity index (χ0v) is 9.20. The van der Waals surface area contributed by atoms with Gasteiger partial charge in [-0.2, -0.15) is 0 Å². The normalized spacial score (nSPS) is 10.4. The summed E-state index contributed by atoms with van der Waals surface area (Å²) >= 11 is 0. The molecule has 0 amide bonds. The first-order valence-electron chi connectivity index (χ1n) is 5.25. The van der Waals surface area contributed by atoms with E-state index in [0.29, 0.717) is 6.54 Å². The molecule has 0 heterocycles. The molecule has 2 aromatic carbocycles. The van der Waals surface area contributed by atoms with Gasteiger partial charge in [-0.15, -0.1) is 0 Å². The van der Waals surface area contributed by atoms with E-state index in [-0.39, 0.29) is 5.82 Å². The van der Waals surface area contributed by atoms with E-state index in [4.69, 9.17) is 5.73 Å². The summed E-state index contributed by atoms with van der Waals surface area (Å²) in [5, 5.41) is 0. The fourth-order valence-electron chi connectivity index (χ4n) is 1.82. The molecule has 0 unspecified atom stereocenters. The third-order valence-corrected chi connectivity index (χ3v) is 2.53. The molecule has 2 N–H and O–H groups in total. The van der Waals surface area contributed by atoms with Crippen LogP contribution >= 0.6 is 0 Å². The topological polar surface area (TPSA) is 26.0 Å². The molecule has 16 heavy (non-hydrogen) atoms. The summed E-state index contributed by atoms with van der Waals surface area (Å²) < 4.78 is 13.1. The maximum Gasteiger partial charge on any atom is 0.123 e. The van der Waals surface area contributed by atoms with Crippen molar-refractivity contribution < 1.29 is 4.39 Å². The Bertz CT molecular complexity index is 506. The lowest BCUT2D eigenvalue weighted by Crippen LogP contribution is -1.97. The number of benzene rings is 2. The molecule has 82 valence electrons. The van der Waals surface area contributed by atoms with Gasteiger partial charge in [0, 0.05) is 6.54 Å². The number of aryl methyl sites for hydroxylation is 1. The second-order valence-electron chi connectivity index (χ2n) is 3.92. The van der Waals surface area contributed by atoms with Crippen LogP contribution in [-0.2, 0) is 6.54 Å². The van der Waals surface area contributed by atoms with Gasteiger partial charge in [0.05, 0.1) is 0 Å². The lowest BCUT2D eigenvalue weighted by Gasteiger charge is -2.06. The van der Waals surface area contributed by atoms with Crippen molar-refractivity contribution in [3.63, 3.8) is 0 Å². The van der Waals surface area contributed by atoms with Crippen molar-refractivity contribution in [1.82, 2.24) is 0 Å². The molecule has 0 aliphatic heterocycles. The summed E-state index contributed by atoms with van der Waals surface area (Å²) in [6.07, 6.45) is 0. The molecular formula is C14H14FN. The zero-order chi connectivity index (χ0) is 11.5. The lowest BCUT2D eigenvalue weighted by molar-refractivity contribution is 0.628. The Labute approximate surface area is 94.7 Å². The van der Waals surface area contributed by atoms with Gasteiger partial charge in [-0.05, 0) is 41.8 Å². The SMILES string of the molecule is Cc1cc(CN)cc(-c2cccc(F)c2)c1. The fourth-order valence-corrected chi connectivity index (χ4v) is 1.82.